The van der Waals surface area contributed by atoms with Crippen LogP contribution in [0.1, 0.15) is 33.6 Å². The minimum absolute atomic E-state index is 0.0282. The van der Waals surface area contributed by atoms with E-state index in [0.717, 1.165) is 6.54 Å². The van der Waals surface area contributed by atoms with Crippen LogP contribution < -0.4 is 10.1 Å². The molecule has 1 aliphatic carbocycles. The van der Waals surface area contributed by atoms with E-state index in [0.29, 0.717) is 16.9 Å². The second-order valence-corrected chi connectivity index (χ2v) is 5.74. The molecular formula is C14H20N2O3. The molecule has 1 N–H and O–H groups in total. The summed E-state index contributed by atoms with van der Waals surface area (Å²) in [5.41, 5.74) is 0.861. The Balaban J connectivity index is 2.23. The average Bonchev–Trinajstić information content (AvgIpc) is 3.04. The molecular weight excluding hydrogens is 244 g/mol. The first-order valence-electron chi connectivity index (χ1n) is 6.59. The van der Waals surface area contributed by atoms with Crippen molar-refractivity contribution in [2.24, 2.45) is 5.41 Å². The third-order valence-corrected chi connectivity index (χ3v) is 3.35. The highest BCUT2D eigenvalue weighted by Crippen LogP contribution is 2.45. The van der Waals surface area contributed by atoms with Crippen molar-refractivity contribution >= 4 is 11.4 Å². The SMILES string of the molecule is CC(C)Oc1cccc(NCC2(C)CC2)c1[N+](=O)[O-]. The highest BCUT2D eigenvalue weighted by molar-refractivity contribution is 5.68. The number of nitro benzene ring substituents is 1. The number of anilines is 1. The average molecular weight is 264 g/mol. The van der Waals surface area contributed by atoms with Gasteiger partial charge in [0.1, 0.15) is 5.69 Å². The van der Waals surface area contributed by atoms with Gasteiger partial charge in [0, 0.05) is 6.54 Å². The van der Waals surface area contributed by atoms with Gasteiger partial charge < -0.3 is 10.1 Å². The van der Waals surface area contributed by atoms with Gasteiger partial charge in [-0.15, -0.1) is 0 Å². The number of benzene rings is 1. The van der Waals surface area contributed by atoms with Crippen LogP contribution in [0.3, 0.4) is 0 Å². The summed E-state index contributed by atoms with van der Waals surface area (Å²) < 4.78 is 5.51. The molecule has 0 atom stereocenters. The van der Waals surface area contributed by atoms with E-state index in [1.807, 2.05) is 13.8 Å². The number of hydrogen-bond donors (Lipinski definition) is 1. The molecule has 0 amide bonds. The molecule has 0 saturated heterocycles. The zero-order valence-electron chi connectivity index (χ0n) is 11.6. The van der Waals surface area contributed by atoms with Gasteiger partial charge in [0.25, 0.3) is 0 Å². The second-order valence-electron chi connectivity index (χ2n) is 5.74. The maximum Gasteiger partial charge on any atom is 0.333 e. The number of nitrogens with zero attached hydrogens (tertiary/aromatic N) is 1. The van der Waals surface area contributed by atoms with E-state index in [1.165, 1.54) is 12.8 Å². The molecule has 0 spiro atoms. The smallest absolute Gasteiger partial charge is 0.333 e. The number of para-hydroxylation sites is 1. The van der Waals surface area contributed by atoms with Gasteiger partial charge >= 0.3 is 5.69 Å². The molecule has 1 saturated carbocycles. The minimum atomic E-state index is -0.380. The molecule has 1 aromatic rings. The summed E-state index contributed by atoms with van der Waals surface area (Å²) in [4.78, 5) is 10.9. The molecule has 5 nitrogen and oxygen atoms in total. The van der Waals surface area contributed by atoms with E-state index < -0.39 is 0 Å². The van der Waals surface area contributed by atoms with Gasteiger partial charge in [0.2, 0.25) is 0 Å². The van der Waals surface area contributed by atoms with Gasteiger partial charge in [-0.1, -0.05) is 13.0 Å². The number of ether oxygens (including phenoxy) is 1. The van der Waals surface area contributed by atoms with Gasteiger partial charge in [-0.3, -0.25) is 10.1 Å². The largest absolute Gasteiger partial charge is 0.484 e. The second kappa shape index (κ2) is 5.07. The third-order valence-electron chi connectivity index (χ3n) is 3.35. The highest BCUT2D eigenvalue weighted by atomic mass is 16.6. The highest BCUT2D eigenvalue weighted by Gasteiger charge is 2.37. The molecule has 0 unspecified atom stereocenters. The third kappa shape index (κ3) is 3.36. The fourth-order valence-electron chi connectivity index (χ4n) is 1.90. The molecule has 0 bridgehead atoms. The molecule has 19 heavy (non-hydrogen) atoms. The molecule has 2 rings (SSSR count). The van der Waals surface area contributed by atoms with Crippen LogP contribution in [0.4, 0.5) is 11.4 Å². The Bertz CT molecular complexity index is 482. The summed E-state index contributed by atoms with van der Waals surface area (Å²) in [6.45, 7) is 6.66. The summed E-state index contributed by atoms with van der Waals surface area (Å²) in [6.07, 6.45) is 2.27. The van der Waals surface area contributed by atoms with E-state index in [9.17, 15) is 10.1 Å². The van der Waals surface area contributed by atoms with Crippen molar-refractivity contribution < 1.29 is 9.66 Å². The predicted octanol–water partition coefficient (Wildman–Crippen LogP) is 3.59. The summed E-state index contributed by atoms with van der Waals surface area (Å²) >= 11 is 0. The Morgan fingerprint density at radius 1 is 1.47 bits per heavy atom. The van der Waals surface area contributed by atoms with Gasteiger partial charge in [0.15, 0.2) is 5.75 Å². The van der Waals surface area contributed by atoms with Gasteiger partial charge in [-0.05, 0) is 44.2 Å². The maximum atomic E-state index is 11.2. The van der Waals surface area contributed by atoms with Crippen LogP contribution in [0.2, 0.25) is 0 Å². The fraction of sp³-hybridized carbons (Fsp3) is 0.571. The zero-order chi connectivity index (χ0) is 14.0. The quantitative estimate of drug-likeness (QED) is 0.630. The number of rotatable bonds is 6. The molecule has 5 heteroatoms. The van der Waals surface area contributed by atoms with Crippen LogP contribution >= 0.6 is 0 Å². The van der Waals surface area contributed by atoms with E-state index in [-0.39, 0.29) is 16.7 Å². The van der Waals surface area contributed by atoms with Gasteiger partial charge in [0.05, 0.1) is 11.0 Å². The zero-order valence-corrected chi connectivity index (χ0v) is 11.6. The summed E-state index contributed by atoms with van der Waals surface area (Å²) in [6, 6.07) is 5.15. The monoisotopic (exact) mass is 264 g/mol. The number of nitrogens with one attached hydrogen (secondary N) is 1. The summed E-state index contributed by atoms with van der Waals surface area (Å²) in [7, 11) is 0. The Hall–Kier alpha value is -1.78. The number of hydrogen-bond acceptors (Lipinski definition) is 4. The van der Waals surface area contributed by atoms with E-state index in [1.54, 1.807) is 18.2 Å². The molecule has 0 radical (unpaired) electrons. The van der Waals surface area contributed by atoms with Crippen molar-refractivity contribution in [2.45, 2.75) is 39.7 Å². The molecule has 0 aliphatic heterocycles. The fourth-order valence-corrected chi connectivity index (χ4v) is 1.90. The lowest BCUT2D eigenvalue weighted by atomic mass is 10.1. The van der Waals surface area contributed by atoms with Crippen molar-refractivity contribution in [3.05, 3.63) is 28.3 Å². The Morgan fingerprint density at radius 3 is 2.68 bits per heavy atom. The molecule has 1 fully saturated rings. The Morgan fingerprint density at radius 2 is 2.16 bits per heavy atom. The van der Waals surface area contributed by atoms with E-state index >= 15 is 0 Å². The van der Waals surface area contributed by atoms with Crippen LogP contribution in [0, 0.1) is 15.5 Å². The van der Waals surface area contributed by atoms with Crippen molar-refractivity contribution in [2.75, 3.05) is 11.9 Å². The van der Waals surface area contributed by atoms with Crippen molar-refractivity contribution in [1.82, 2.24) is 0 Å². The van der Waals surface area contributed by atoms with Gasteiger partial charge in [-0.25, -0.2) is 0 Å². The molecule has 0 aromatic heterocycles. The van der Waals surface area contributed by atoms with Crippen LogP contribution in [-0.4, -0.2) is 17.6 Å². The first-order chi connectivity index (χ1) is 8.91. The van der Waals surface area contributed by atoms with Crippen LogP contribution in [0.25, 0.3) is 0 Å². The van der Waals surface area contributed by atoms with Gasteiger partial charge in [-0.2, -0.15) is 0 Å². The summed E-state index contributed by atoms with van der Waals surface area (Å²) in [5, 5.41) is 14.4. The van der Waals surface area contributed by atoms with Crippen LogP contribution in [0.15, 0.2) is 18.2 Å². The number of nitro groups is 1. The minimum Gasteiger partial charge on any atom is -0.484 e. The predicted molar refractivity (Wildman–Crippen MR) is 74.7 cm³/mol. The Labute approximate surface area is 113 Å². The topological polar surface area (TPSA) is 64.4 Å². The standard InChI is InChI=1S/C14H20N2O3/c1-10(2)19-12-6-4-5-11(13(12)16(17)18)15-9-14(3)7-8-14/h4-6,10,15H,7-9H2,1-3H3. The van der Waals surface area contributed by atoms with Crippen LogP contribution in [0.5, 0.6) is 5.75 Å². The molecule has 1 aliphatic rings. The maximum absolute atomic E-state index is 11.2. The molecule has 1 aromatic carbocycles. The van der Waals surface area contributed by atoms with E-state index in [4.69, 9.17) is 4.74 Å². The Kier molecular flexibility index (Phi) is 3.64. The molecule has 104 valence electrons. The van der Waals surface area contributed by atoms with Crippen LogP contribution in [-0.2, 0) is 0 Å². The lowest BCUT2D eigenvalue weighted by molar-refractivity contribution is -0.385. The van der Waals surface area contributed by atoms with Crippen molar-refractivity contribution in [3.63, 3.8) is 0 Å². The normalized spacial score (nSPS) is 16.2. The molecule has 0 heterocycles. The first-order valence-corrected chi connectivity index (χ1v) is 6.59. The van der Waals surface area contributed by atoms with Crippen molar-refractivity contribution in [1.29, 1.82) is 0 Å². The van der Waals surface area contributed by atoms with Crippen molar-refractivity contribution in [3.8, 4) is 5.75 Å². The summed E-state index contributed by atoms with van der Waals surface area (Å²) in [5.74, 6) is 0.325. The lowest BCUT2D eigenvalue weighted by Crippen LogP contribution is -2.14. The first kappa shape index (κ1) is 13.6. The lowest BCUT2D eigenvalue weighted by Gasteiger charge is -2.15. The van der Waals surface area contributed by atoms with E-state index in [2.05, 4.69) is 12.2 Å².